The molecule has 1 heteroatoms. The van der Waals surface area contributed by atoms with E-state index in [1.807, 2.05) is 12.1 Å². The van der Waals surface area contributed by atoms with Gasteiger partial charge in [0.2, 0.25) is 0 Å². The van der Waals surface area contributed by atoms with Crippen LogP contribution in [0.3, 0.4) is 0 Å². The number of benzene rings is 4. The highest BCUT2D eigenvalue weighted by molar-refractivity contribution is 6.17. The summed E-state index contributed by atoms with van der Waals surface area (Å²) in [5, 5.41) is 7.34. The van der Waals surface area contributed by atoms with E-state index in [-0.39, 0.29) is 5.78 Å². The van der Waals surface area contributed by atoms with E-state index >= 15 is 0 Å². The average molecular weight is 270 g/mol. The molecule has 0 aromatic heterocycles. The zero-order valence-electron chi connectivity index (χ0n) is 11.8. The van der Waals surface area contributed by atoms with E-state index < -0.39 is 0 Å². The molecule has 0 spiro atoms. The lowest BCUT2D eigenvalue weighted by Gasteiger charge is -2.08. The van der Waals surface area contributed by atoms with Crippen molar-refractivity contribution in [2.24, 2.45) is 0 Å². The van der Waals surface area contributed by atoms with Gasteiger partial charge >= 0.3 is 0 Å². The fourth-order valence-corrected chi connectivity index (χ4v) is 3.05. The van der Waals surface area contributed by atoms with E-state index in [1.54, 1.807) is 6.92 Å². The molecule has 0 amide bonds. The van der Waals surface area contributed by atoms with Crippen molar-refractivity contribution in [3.8, 4) is 0 Å². The number of hydrogen-bond acceptors (Lipinski definition) is 1. The van der Waals surface area contributed by atoms with Crippen LogP contribution in [-0.4, -0.2) is 5.78 Å². The zero-order chi connectivity index (χ0) is 14.4. The Morgan fingerprint density at radius 1 is 0.667 bits per heavy atom. The number of rotatable bonds is 1. The van der Waals surface area contributed by atoms with Crippen molar-refractivity contribution < 1.29 is 4.79 Å². The fourth-order valence-electron chi connectivity index (χ4n) is 3.05. The Morgan fingerprint density at radius 2 is 1.29 bits per heavy atom. The number of hydrogen-bond donors (Lipinski definition) is 0. The van der Waals surface area contributed by atoms with Crippen molar-refractivity contribution in [2.75, 3.05) is 0 Å². The number of ketones is 1. The molecule has 0 aliphatic carbocycles. The van der Waals surface area contributed by atoms with Crippen molar-refractivity contribution in [1.82, 2.24) is 0 Å². The Balaban J connectivity index is 2.14. The lowest BCUT2D eigenvalue weighted by molar-refractivity contribution is 0.101. The van der Waals surface area contributed by atoms with Crippen LogP contribution in [0.4, 0.5) is 0 Å². The van der Waals surface area contributed by atoms with Gasteiger partial charge in [-0.25, -0.2) is 0 Å². The summed E-state index contributed by atoms with van der Waals surface area (Å²) in [6.45, 7) is 1.61. The second kappa shape index (κ2) is 4.42. The number of fused-ring (bicyclic) bond motifs is 5. The van der Waals surface area contributed by atoms with Gasteiger partial charge in [-0.15, -0.1) is 0 Å². The number of carbonyl (C=O) groups is 1. The van der Waals surface area contributed by atoms with E-state index in [2.05, 4.69) is 54.6 Å². The molecule has 0 bridgehead atoms. The summed E-state index contributed by atoms with van der Waals surface area (Å²) < 4.78 is 0. The van der Waals surface area contributed by atoms with Gasteiger partial charge in [0.15, 0.2) is 5.78 Å². The summed E-state index contributed by atoms with van der Waals surface area (Å²) in [5.41, 5.74) is 0.766. The van der Waals surface area contributed by atoms with Crippen LogP contribution in [0.2, 0.25) is 0 Å². The van der Waals surface area contributed by atoms with Crippen molar-refractivity contribution >= 4 is 38.1 Å². The zero-order valence-corrected chi connectivity index (χ0v) is 11.8. The Morgan fingerprint density at radius 3 is 2.05 bits per heavy atom. The minimum atomic E-state index is 0.107. The van der Waals surface area contributed by atoms with Crippen LogP contribution in [0.25, 0.3) is 32.3 Å². The highest BCUT2D eigenvalue weighted by Gasteiger charge is 2.06. The molecule has 4 aromatic carbocycles. The van der Waals surface area contributed by atoms with Crippen LogP contribution in [0.15, 0.2) is 66.7 Å². The molecule has 21 heavy (non-hydrogen) atoms. The van der Waals surface area contributed by atoms with Gasteiger partial charge in [0.25, 0.3) is 0 Å². The predicted molar refractivity (Wildman–Crippen MR) is 89.0 cm³/mol. The highest BCUT2D eigenvalue weighted by atomic mass is 16.1. The van der Waals surface area contributed by atoms with E-state index in [0.29, 0.717) is 0 Å². The molecule has 0 heterocycles. The van der Waals surface area contributed by atoms with Gasteiger partial charge in [0, 0.05) is 5.56 Å². The van der Waals surface area contributed by atoms with Gasteiger partial charge in [-0.3, -0.25) is 4.79 Å². The van der Waals surface area contributed by atoms with E-state index in [9.17, 15) is 4.79 Å². The normalized spacial score (nSPS) is 11.3. The second-order valence-electron chi connectivity index (χ2n) is 5.44. The van der Waals surface area contributed by atoms with Crippen LogP contribution in [0.1, 0.15) is 17.3 Å². The molecule has 0 aliphatic rings. The summed E-state index contributed by atoms with van der Waals surface area (Å²) in [4.78, 5) is 11.5. The van der Waals surface area contributed by atoms with Gasteiger partial charge < -0.3 is 0 Å². The standard InChI is InChI=1S/C20H14O/c1-13(21)15-7-9-18-16(12-15)8-11-19-17-5-3-2-4-14(17)6-10-20(18)19/h2-12H,1H3. The maximum absolute atomic E-state index is 11.5. The van der Waals surface area contributed by atoms with Crippen LogP contribution in [-0.2, 0) is 0 Å². The van der Waals surface area contributed by atoms with Crippen molar-refractivity contribution in [2.45, 2.75) is 6.92 Å². The van der Waals surface area contributed by atoms with Gasteiger partial charge in [-0.1, -0.05) is 60.7 Å². The third kappa shape index (κ3) is 1.82. The number of Topliss-reactive ketones (excluding diaryl/α,β-unsaturated/α-hetero) is 1. The van der Waals surface area contributed by atoms with Gasteiger partial charge in [-0.2, -0.15) is 0 Å². The Hall–Kier alpha value is -2.67. The quantitative estimate of drug-likeness (QED) is 0.336. The minimum absolute atomic E-state index is 0.107. The molecular formula is C20H14O. The van der Waals surface area contributed by atoms with Crippen molar-refractivity contribution in [3.05, 3.63) is 72.3 Å². The van der Waals surface area contributed by atoms with Crippen molar-refractivity contribution in [1.29, 1.82) is 0 Å². The minimum Gasteiger partial charge on any atom is -0.295 e. The predicted octanol–water partition coefficient (Wildman–Crippen LogP) is 5.35. The molecule has 4 rings (SSSR count). The highest BCUT2D eigenvalue weighted by Crippen LogP contribution is 2.31. The van der Waals surface area contributed by atoms with E-state index in [1.165, 1.54) is 26.9 Å². The maximum atomic E-state index is 11.5. The molecule has 0 fully saturated rings. The van der Waals surface area contributed by atoms with Crippen LogP contribution < -0.4 is 0 Å². The Labute approximate surface area is 122 Å². The Kier molecular flexibility index (Phi) is 2.55. The Bertz CT molecular complexity index is 1010. The largest absolute Gasteiger partial charge is 0.295 e. The SMILES string of the molecule is CC(=O)c1ccc2c(ccc3c4ccccc4ccc23)c1. The summed E-state index contributed by atoms with van der Waals surface area (Å²) in [5.74, 6) is 0.107. The van der Waals surface area contributed by atoms with Crippen LogP contribution >= 0.6 is 0 Å². The first-order chi connectivity index (χ1) is 10.2. The molecule has 0 radical (unpaired) electrons. The molecule has 4 aromatic rings. The summed E-state index contributed by atoms with van der Waals surface area (Å²) in [7, 11) is 0. The molecule has 1 nitrogen and oxygen atoms in total. The lowest BCUT2D eigenvalue weighted by Crippen LogP contribution is -1.91. The van der Waals surface area contributed by atoms with Crippen LogP contribution in [0, 0.1) is 0 Å². The topological polar surface area (TPSA) is 17.1 Å². The van der Waals surface area contributed by atoms with Crippen LogP contribution in [0.5, 0.6) is 0 Å². The molecular weight excluding hydrogens is 256 g/mol. The summed E-state index contributed by atoms with van der Waals surface area (Å²) in [6, 6.07) is 23.0. The first kappa shape index (κ1) is 12.1. The van der Waals surface area contributed by atoms with E-state index in [4.69, 9.17) is 0 Å². The molecule has 0 unspecified atom stereocenters. The van der Waals surface area contributed by atoms with E-state index in [0.717, 1.165) is 10.9 Å². The summed E-state index contributed by atoms with van der Waals surface area (Å²) >= 11 is 0. The smallest absolute Gasteiger partial charge is 0.159 e. The third-order valence-electron chi connectivity index (χ3n) is 4.15. The maximum Gasteiger partial charge on any atom is 0.159 e. The average Bonchev–Trinajstić information content (AvgIpc) is 2.53. The molecule has 0 aliphatic heterocycles. The van der Waals surface area contributed by atoms with Gasteiger partial charge in [-0.05, 0) is 45.3 Å². The molecule has 100 valence electrons. The third-order valence-corrected chi connectivity index (χ3v) is 4.15. The lowest BCUT2D eigenvalue weighted by atomic mass is 9.96. The van der Waals surface area contributed by atoms with Crippen molar-refractivity contribution in [3.63, 3.8) is 0 Å². The molecule has 0 atom stereocenters. The number of carbonyl (C=O) groups excluding carboxylic acids is 1. The molecule has 0 saturated carbocycles. The second-order valence-corrected chi connectivity index (χ2v) is 5.44. The molecule has 0 N–H and O–H groups in total. The first-order valence-electron chi connectivity index (χ1n) is 7.09. The first-order valence-corrected chi connectivity index (χ1v) is 7.09. The fraction of sp³-hybridized carbons (Fsp3) is 0.0500. The monoisotopic (exact) mass is 270 g/mol. The summed E-state index contributed by atoms with van der Waals surface area (Å²) in [6.07, 6.45) is 0. The van der Waals surface area contributed by atoms with Gasteiger partial charge in [0.1, 0.15) is 0 Å². The molecule has 0 saturated heterocycles. The van der Waals surface area contributed by atoms with Gasteiger partial charge in [0.05, 0.1) is 0 Å².